The number of benzene rings is 1. The van der Waals surface area contributed by atoms with Gasteiger partial charge < -0.3 is 10.6 Å². The van der Waals surface area contributed by atoms with Crippen molar-refractivity contribution in [2.45, 2.75) is 13.3 Å². The molecule has 4 nitrogen and oxygen atoms in total. The molecule has 5 heteroatoms. The van der Waals surface area contributed by atoms with Crippen molar-refractivity contribution < 1.29 is 4.39 Å². The number of rotatable bonds is 5. The van der Waals surface area contributed by atoms with Crippen LogP contribution in [0, 0.1) is 17.1 Å². The fourth-order valence-electron chi connectivity index (χ4n) is 1.73. The van der Waals surface area contributed by atoms with E-state index >= 15 is 0 Å². The summed E-state index contributed by atoms with van der Waals surface area (Å²) >= 11 is 0. The molecule has 1 heterocycles. The van der Waals surface area contributed by atoms with Crippen molar-refractivity contribution in [3.8, 4) is 6.07 Å². The molecule has 20 heavy (non-hydrogen) atoms. The van der Waals surface area contributed by atoms with Crippen LogP contribution in [0.3, 0.4) is 0 Å². The van der Waals surface area contributed by atoms with Crippen LogP contribution >= 0.6 is 0 Å². The Balaban J connectivity index is 2.15. The van der Waals surface area contributed by atoms with Crippen LogP contribution in [0.25, 0.3) is 0 Å². The van der Waals surface area contributed by atoms with Crippen molar-refractivity contribution in [3.05, 3.63) is 48.0 Å². The summed E-state index contributed by atoms with van der Waals surface area (Å²) in [5, 5.41) is 15.1. The highest BCUT2D eigenvalue weighted by Crippen LogP contribution is 2.20. The normalized spacial score (nSPS) is 9.85. The Hall–Kier alpha value is -2.61. The van der Waals surface area contributed by atoms with Gasteiger partial charge in [0.1, 0.15) is 11.9 Å². The molecule has 0 aliphatic heterocycles. The fraction of sp³-hybridized carbons (Fsp3) is 0.200. The largest absolute Gasteiger partial charge is 0.384 e. The Bertz CT molecular complexity index is 634. The maximum atomic E-state index is 13.2. The van der Waals surface area contributed by atoms with Gasteiger partial charge in [-0.05, 0) is 30.7 Å². The summed E-state index contributed by atoms with van der Waals surface area (Å²) in [6.07, 6.45) is 4.44. The Morgan fingerprint density at radius 1 is 1.20 bits per heavy atom. The van der Waals surface area contributed by atoms with Gasteiger partial charge in [0, 0.05) is 12.2 Å². The summed E-state index contributed by atoms with van der Waals surface area (Å²) in [6.45, 7) is 2.96. The Morgan fingerprint density at radius 3 is 2.75 bits per heavy atom. The molecule has 0 amide bonds. The smallest absolute Gasteiger partial charge is 0.141 e. The second kappa shape index (κ2) is 6.53. The van der Waals surface area contributed by atoms with E-state index in [1.807, 2.05) is 12.1 Å². The maximum absolute atomic E-state index is 13.2. The lowest BCUT2D eigenvalue weighted by Gasteiger charge is -2.09. The highest BCUT2D eigenvalue weighted by atomic mass is 19.1. The fourth-order valence-corrected chi connectivity index (χ4v) is 1.73. The zero-order valence-electron chi connectivity index (χ0n) is 11.2. The molecule has 2 aromatic rings. The molecule has 1 aromatic heterocycles. The van der Waals surface area contributed by atoms with E-state index in [0.29, 0.717) is 5.69 Å². The van der Waals surface area contributed by atoms with Crippen LogP contribution in [-0.4, -0.2) is 11.5 Å². The van der Waals surface area contributed by atoms with Gasteiger partial charge in [-0.2, -0.15) is 5.26 Å². The third-order valence-corrected chi connectivity index (χ3v) is 2.69. The van der Waals surface area contributed by atoms with Crippen molar-refractivity contribution in [2.24, 2.45) is 0 Å². The van der Waals surface area contributed by atoms with Gasteiger partial charge in [-0.3, -0.25) is 4.98 Å². The molecule has 0 aliphatic carbocycles. The summed E-state index contributed by atoms with van der Waals surface area (Å²) in [5.41, 5.74) is 2.36. The van der Waals surface area contributed by atoms with Gasteiger partial charge in [0.05, 0.1) is 29.3 Å². The minimum atomic E-state index is -0.519. The lowest BCUT2D eigenvalue weighted by atomic mass is 10.2. The highest BCUT2D eigenvalue weighted by molar-refractivity contribution is 5.64. The van der Waals surface area contributed by atoms with Gasteiger partial charge in [0.15, 0.2) is 0 Å². The third-order valence-electron chi connectivity index (χ3n) is 2.69. The summed E-state index contributed by atoms with van der Waals surface area (Å²) in [4.78, 5) is 4.13. The van der Waals surface area contributed by atoms with Crippen molar-refractivity contribution in [2.75, 3.05) is 17.2 Å². The SMILES string of the molecule is CCCNc1cncc(Nc2ccc(F)c(C#N)c2)c1. The molecule has 2 N–H and O–H groups in total. The number of nitrogens with zero attached hydrogens (tertiary/aromatic N) is 2. The molecule has 0 spiro atoms. The molecule has 0 radical (unpaired) electrons. The second-order valence-electron chi connectivity index (χ2n) is 4.32. The zero-order chi connectivity index (χ0) is 14.4. The number of nitriles is 1. The topological polar surface area (TPSA) is 60.7 Å². The number of aromatic nitrogens is 1. The van der Waals surface area contributed by atoms with Gasteiger partial charge in [-0.25, -0.2) is 4.39 Å². The zero-order valence-corrected chi connectivity index (χ0v) is 11.2. The van der Waals surface area contributed by atoms with Gasteiger partial charge in [-0.1, -0.05) is 6.92 Å². The van der Waals surface area contributed by atoms with E-state index in [4.69, 9.17) is 5.26 Å². The monoisotopic (exact) mass is 270 g/mol. The summed E-state index contributed by atoms with van der Waals surface area (Å²) in [7, 11) is 0. The first-order valence-electron chi connectivity index (χ1n) is 6.38. The number of halogens is 1. The maximum Gasteiger partial charge on any atom is 0.141 e. The Labute approximate surface area is 117 Å². The van der Waals surface area contributed by atoms with E-state index in [9.17, 15) is 4.39 Å². The van der Waals surface area contributed by atoms with Gasteiger partial charge in [0.2, 0.25) is 0 Å². The minimum absolute atomic E-state index is 0.0169. The molecule has 0 unspecified atom stereocenters. The molecular weight excluding hydrogens is 255 g/mol. The molecule has 0 saturated heterocycles. The summed E-state index contributed by atoms with van der Waals surface area (Å²) < 4.78 is 13.2. The van der Waals surface area contributed by atoms with Crippen LogP contribution in [-0.2, 0) is 0 Å². The number of hydrogen-bond acceptors (Lipinski definition) is 4. The standard InChI is InChI=1S/C15H15FN4/c1-2-5-19-13-7-14(10-18-9-13)20-12-3-4-15(16)11(6-12)8-17/h3-4,6-7,9-10,19-20H,2,5H2,1H3. The second-order valence-corrected chi connectivity index (χ2v) is 4.32. The number of anilines is 3. The molecule has 0 atom stereocenters. The Kier molecular flexibility index (Phi) is 4.51. The van der Waals surface area contributed by atoms with E-state index in [2.05, 4.69) is 22.5 Å². The average molecular weight is 270 g/mol. The first-order chi connectivity index (χ1) is 9.72. The van der Waals surface area contributed by atoms with Gasteiger partial charge in [0.25, 0.3) is 0 Å². The van der Waals surface area contributed by atoms with Crippen LogP contribution in [0.15, 0.2) is 36.7 Å². The molecule has 0 fully saturated rings. The molecule has 0 aliphatic rings. The van der Waals surface area contributed by atoms with Gasteiger partial charge in [-0.15, -0.1) is 0 Å². The van der Waals surface area contributed by atoms with Crippen LogP contribution < -0.4 is 10.6 Å². The summed E-state index contributed by atoms with van der Waals surface area (Å²) in [6, 6.07) is 8.06. The van der Waals surface area contributed by atoms with Crippen molar-refractivity contribution in [3.63, 3.8) is 0 Å². The van der Waals surface area contributed by atoms with Crippen molar-refractivity contribution in [1.29, 1.82) is 5.26 Å². The lowest BCUT2D eigenvalue weighted by Crippen LogP contribution is -2.01. The molecule has 2 rings (SSSR count). The van der Waals surface area contributed by atoms with E-state index in [0.717, 1.165) is 24.3 Å². The number of pyridine rings is 1. The van der Waals surface area contributed by atoms with E-state index in [1.165, 1.54) is 12.1 Å². The first kappa shape index (κ1) is 13.8. The van der Waals surface area contributed by atoms with E-state index in [-0.39, 0.29) is 5.56 Å². The molecule has 1 aromatic carbocycles. The van der Waals surface area contributed by atoms with Crippen LogP contribution in [0.2, 0.25) is 0 Å². The quantitative estimate of drug-likeness (QED) is 0.870. The number of nitrogens with one attached hydrogen (secondary N) is 2. The van der Waals surface area contributed by atoms with E-state index in [1.54, 1.807) is 18.5 Å². The average Bonchev–Trinajstić information content (AvgIpc) is 2.47. The van der Waals surface area contributed by atoms with E-state index < -0.39 is 5.82 Å². The first-order valence-corrected chi connectivity index (χ1v) is 6.38. The molecule has 102 valence electrons. The van der Waals surface area contributed by atoms with Crippen LogP contribution in [0.4, 0.5) is 21.5 Å². The summed E-state index contributed by atoms with van der Waals surface area (Å²) in [5.74, 6) is -0.519. The van der Waals surface area contributed by atoms with Gasteiger partial charge >= 0.3 is 0 Å². The predicted molar refractivity (Wildman–Crippen MR) is 77.4 cm³/mol. The highest BCUT2D eigenvalue weighted by Gasteiger charge is 2.03. The number of hydrogen-bond donors (Lipinski definition) is 2. The van der Waals surface area contributed by atoms with Crippen LogP contribution in [0.5, 0.6) is 0 Å². The molecular formula is C15H15FN4. The molecule has 0 bridgehead atoms. The minimum Gasteiger partial charge on any atom is -0.384 e. The molecule has 0 saturated carbocycles. The van der Waals surface area contributed by atoms with Crippen molar-refractivity contribution in [1.82, 2.24) is 4.98 Å². The Morgan fingerprint density at radius 2 is 2.00 bits per heavy atom. The van der Waals surface area contributed by atoms with Crippen molar-refractivity contribution >= 4 is 17.1 Å². The third kappa shape index (κ3) is 3.45. The van der Waals surface area contributed by atoms with Crippen LogP contribution in [0.1, 0.15) is 18.9 Å². The lowest BCUT2D eigenvalue weighted by molar-refractivity contribution is 0.624. The predicted octanol–water partition coefficient (Wildman–Crippen LogP) is 3.66.